The second-order valence-electron chi connectivity index (χ2n) is 7.28. The van der Waals surface area contributed by atoms with E-state index in [2.05, 4.69) is 14.9 Å². The highest BCUT2D eigenvalue weighted by Crippen LogP contribution is 2.19. The first-order valence-electron chi connectivity index (χ1n) is 9.64. The van der Waals surface area contributed by atoms with E-state index in [9.17, 15) is 17.6 Å². The van der Waals surface area contributed by atoms with E-state index in [0.717, 1.165) is 30.5 Å². The van der Waals surface area contributed by atoms with Gasteiger partial charge in [0.05, 0.1) is 10.8 Å². The zero-order chi connectivity index (χ0) is 20.9. The number of piperidine rings is 1. The summed E-state index contributed by atoms with van der Waals surface area (Å²) in [6.07, 6.45) is 1.71. The van der Waals surface area contributed by atoms with Gasteiger partial charge in [0.15, 0.2) is 0 Å². The van der Waals surface area contributed by atoms with Crippen LogP contribution in [-0.4, -0.2) is 39.4 Å². The number of hydrogen-bond donors (Lipinski definition) is 2. The van der Waals surface area contributed by atoms with Crippen LogP contribution in [0.4, 0.5) is 4.39 Å². The Balaban J connectivity index is 1.56. The summed E-state index contributed by atoms with van der Waals surface area (Å²) >= 11 is 0. The second kappa shape index (κ2) is 9.47. The normalized spacial score (nSPS) is 17.8. The largest absolute Gasteiger partial charge is 0.352 e. The Labute approximate surface area is 171 Å². The van der Waals surface area contributed by atoms with Crippen LogP contribution < -0.4 is 10.0 Å². The molecule has 2 N–H and O–H groups in total. The number of nitrogens with zero attached hydrogens (tertiary/aromatic N) is 1. The Morgan fingerprint density at radius 3 is 2.69 bits per heavy atom. The van der Waals surface area contributed by atoms with Crippen molar-refractivity contribution in [3.05, 3.63) is 65.5 Å². The predicted octanol–water partition coefficient (Wildman–Crippen LogP) is 2.26. The highest BCUT2D eigenvalue weighted by molar-refractivity contribution is 7.89. The Bertz CT molecular complexity index is 965. The molecule has 0 saturated carbocycles. The molecule has 1 heterocycles. The standard InChI is InChI=1S/C21H26FN3O3S/c1-23-29(27,28)20-9-3-5-16(12-20)13-24-21(26)18-7-4-10-25(15-18)14-17-6-2-8-19(22)11-17/h2-3,5-6,8-9,11-12,18,23H,4,7,10,13-15H2,1H3,(H,24,26). The SMILES string of the molecule is CNS(=O)(=O)c1cccc(CNC(=O)C2CCCN(Cc3cccc(F)c3)C2)c1. The number of carbonyl (C=O) groups is 1. The molecule has 1 aliphatic rings. The van der Waals surface area contributed by atoms with Crippen LogP contribution >= 0.6 is 0 Å². The van der Waals surface area contributed by atoms with Crippen LogP contribution in [0, 0.1) is 11.7 Å². The summed E-state index contributed by atoms with van der Waals surface area (Å²) in [5, 5.41) is 2.92. The van der Waals surface area contributed by atoms with E-state index in [0.29, 0.717) is 13.1 Å². The molecule has 1 aliphatic heterocycles. The minimum atomic E-state index is -3.52. The molecule has 3 rings (SSSR count). The maximum atomic E-state index is 13.4. The number of halogens is 1. The van der Waals surface area contributed by atoms with Gasteiger partial charge in [-0.2, -0.15) is 0 Å². The maximum Gasteiger partial charge on any atom is 0.240 e. The average Bonchev–Trinajstić information content (AvgIpc) is 2.72. The first kappa shape index (κ1) is 21.4. The van der Waals surface area contributed by atoms with Crippen molar-refractivity contribution in [2.45, 2.75) is 30.8 Å². The zero-order valence-electron chi connectivity index (χ0n) is 16.4. The molecule has 156 valence electrons. The summed E-state index contributed by atoms with van der Waals surface area (Å²) in [7, 11) is -2.15. The first-order chi connectivity index (χ1) is 13.9. The lowest BCUT2D eigenvalue weighted by atomic mass is 9.96. The number of rotatable bonds is 7. The van der Waals surface area contributed by atoms with Crippen LogP contribution in [0.1, 0.15) is 24.0 Å². The van der Waals surface area contributed by atoms with Gasteiger partial charge in [-0.3, -0.25) is 9.69 Å². The molecule has 6 nitrogen and oxygen atoms in total. The van der Waals surface area contributed by atoms with Gasteiger partial charge in [-0.15, -0.1) is 0 Å². The van der Waals surface area contributed by atoms with Crippen LogP contribution in [-0.2, 0) is 27.9 Å². The summed E-state index contributed by atoms with van der Waals surface area (Å²) in [6.45, 7) is 2.39. The lowest BCUT2D eigenvalue weighted by Gasteiger charge is -2.32. The third-order valence-electron chi connectivity index (χ3n) is 5.12. The maximum absolute atomic E-state index is 13.4. The van der Waals surface area contributed by atoms with Gasteiger partial charge in [0.25, 0.3) is 0 Å². The third kappa shape index (κ3) is 5.85. The van der Waals surface area contributed by atoms with Gasteiger partial charge in [0.1, 0.15) is 5.82 Å². The molecule has 1 atom stereocenters. The fourth-order valence-corrected chi connectivity index (χ4v) is 4.38. The van der Waals surface area contributed by atoms with E-state index in [1.807, 2.05) is 6.07 Å². The molecule has 0 spiro atoms. The van der Waals surface area contributed by atoms with Crippen LogP contribution in [0.5, 0.6) is 0 Å². The average molecular weight is 420 g/mol. The fraction of sp³-hybridized carbons (Fsp3) is 0.381. The van der Waals surface area contributed by atoms with E-state index in [-0.39, 0.29) is 29.1 Å². The second-order valence-corrected chi connectivity index (χ2v) is 9.16. The quantitative estimate of drug-likeness (QED) is 0.722. The van der Waals surface area contributed by atoms with Crippen LogP contribution in [0.25, 0.3) is 0 Å². The fourth-order valence-electron chi connectivity index (χ4n) is 3.58. The Hall–Kier alpha value is -2.29. The number of hydrogen-bond acceptors (Lipinski definition) is 4. The smallest absolute Gasteiger partial charge is 0.240 e. The minimum absolute atomic E-state index is 0.0455. The Kier molecular flexibility index (Phi) is 7.00. The van der Waals surface area contributed by atoms with Gasteiger partial charge >= 0.3 is 0 Å². The van der Waals surface area contributed by atoms with Gasteiger partial charge in [-0.05, 0) is 61.8 Å². The topological polar surface area (TPSA) is 78.5 Å². The third-order valence-corrected chi connectivity index (χ3v) is 6.53. The van der Waals surface area contributed by atoms with E-state index in [1.54, 1.807) is 24.3 Å². The van der Waals surface area contributed by atoms with Gasteiger partial charge in [-0.1, -0.05) is 24.3 Å². The van der Waals surface area contributed by atoms with Crippen molar-refractivity contribution in [2.24, 2.45) is 5.92 Å². The van der Waals surface area contributed by atoms with Gasteiger partial charge in [-0.25, -0.2) is 17.5 Å². The molecule has 1 unspecified atom stereocenters. The van der Waals surface area contributed by atoms with Gasteiger partial charge in [0.2, 0.25) is 15.9 Å². The van der Waals surface area contributed by atoms with E-state index in [4.69, 9.17) is 0 Å². The molecule has 0 aromatic heterocycles. The van der Waals surface area contributed by atoms with Crippen molar-refractivity contribution in [1.82, 2.24) is 14.9 Å². The van der Waals surface area contributed by atoms with Crippen molar-refractivity contribution >= 4 is 15.9 Å². The Morgan fingerprint density at radius 2 is 1.93 bits per heavy atom. The van der Waals surface area contributed by atoms with E-state index < -0.39 is 10.0 Å². The number of amides is 1. The van der Waals surface area contributed by atoms with Crippen LogP contribution in [0.2, 0.25) is 0 Å². The summed E-state index contributed by atoms with van der Waals surface area (Å²) in [5.74, 6) is -0.436. The van der Waals surface area contributed by atoms with Crippen molar-refractivity contribution in [2.75, 3.05) is 20.1 Å². The van der Waals surface area contributed by atoms with Crippen LogP contribution in [0.15, 0.2) is 53.4 Å². The van der Waals surface area contributed by atoms with Crippen molar-refractivity contribution in [3.8, 4) is 0 Å². The number of carbonyl (C=O) groups excluding carboxylic acids is 1. The predicted molar refractivity (Wildman–Crippen MR) is 109 cm³/mol. The molecule has 8 heteroatoms. The zero-order valence-corrected chi connectivity index (χ0v) is 17.2. The number of likely N-dealkylation sites (tertiary alicyclic amines) is 1. The molecule has 1 amide bonds. The number of benzene rings is 2. The Morgan fingerprint density at radius 1 is 1.17 bits per heavy atom. The van der Waals surface area contributed by atoms with Gasteiger partial charge in [0, 0.05) is 19.6 Å². The van der Waals surface area contributed by atoms with Crippen LogP contribution in [0.3, 0.4) is 0 Å². The van der Waals surface area contributed by atoms with Crippen molar-refractivity contribution < 1.29 is 17.6 Å². The number of sulfonamides is 1. The minimum Gasteiger partial charge on any atom is -0.352 e. The van der Waals surface area contributed by atoms with E-state index >= 15 is 0 Å². The highest BCUT2D eigenvalue weighted by Gasteiger charge is 2.25. The van der Waals surface area contributed by atoms with E-state index in [1.165, 1.54) is 25.2 Å². The molecule has 29 heavy (non-hydrogen) atoms. The molecule has 2 aromatic rings. The van der Waals surface area contributed by atoms with Gasteiger partial charge < -0.3 is 5.32 Å². The molecule has 0 bridgehead atoms. The summed E-state index contributed by atoms with van der Waals surface area (Å²) < 4.78 is 39.5. The number of nitrogens with one attached hydrogen (secondary N) is 2. The molecule has 1 saturated heterocycles. The molecule has 0 aliphatic carbocycles. The molecular weight excluding hydrogens is 393 g/mol. The molecule has 1 fully saturated rings. The summed E-state index contributed by atoms with van der Waals surface area (Å²) in [6, 6.07) is 13.0. The van der Waals surface area contributed by atoms with Crippen molar-refractivity contribution in [3.63, 3.8) is 0 Å². The van der Waals surface area contributed by atoms with Crippen molar-refractivity contribution in [1.29, 1.82) is 0 Å². The molecular formula is C21H26FN3O3S. The first-order valence-corrected chi connectivity index (χ1v) is 11.1. The highest BCUT2D eigenvalue weighted by atomic mass is 32.2. The molecule has 0 radical (unpaired) electrons. The monoisotopic (exact) mass is 419 g/mol. The lowest BCUT2D eigenvalue weighted by Crippen LogP contribution is -2.42. The summed E-state index contributed by atoms with van der Waals surface area (Å²) in [5.41, 5.74) is 1.62. The lowest BCUT2D eigenvalue weighted by molar-refractivity contribution is -0.126. The molecule has 2 aromatic carbocycles. The summed E-state index contributed by atoms with van der Waals surface area (Å²) in [4.78, 5) is 15.0.